The minimum atomic E-state index is -0.308. The fraction of sp³-hybridized carbons (Fsp3) is 0.444. The number of nitrogens with one attached hydrogen (secondary N) is 1. The van der Waals surface area contributed by atoms with Crippen LogP contribution in [-0.2, 0) is 11.2 Å². The molecule has 0 aliphatic carbocycles. The van der Waals surface area contributed by atoms with E-state index in [1.54, 1.807) is 18.3 Å². The molecule has 0 saturated heterocycles. The summed E-state index contributed by atoms with van der Waals surface area (Å²) in [5.74, 6) is 1.09. The van der Waals surface area contributed by atoms with Crippen LogP contribution in [-0.4, -0.2) is 27.5 Å². The number of ether oxygens (including phenoxy) is 1. The van der Waals surface area contributed by atoms with Crippen molar-refractivity contribution in [1.29, 1.82) is 0 Å². The van der Waals surface area contributed by atoms with Crippen LogP contribution in [0.25, 0.3) is 10.2 Å². The Labute approximate surface area is 160 Å². The van der Waals surface area contributed by atoms with Crippen molar-refractivity contribution in [3.05, 3.63) is 32.3 Å². The Kier molecular flexibility index (Phi) is 5.52. The van der Waals surface area contributed by atoms with E-state index in [1.165, 1.54) is 16.2 Å². The summed E-state index contributed by atoms with van der Waals surface area (Å²) in [7, 11) is 0. The van der Waals surface area contributed by atoms with Crippen molar-refractivity contribution >= 4 is 44.7 Å². The highest BCUT2D eigenvalue weighted by Crippen LogP contribution is 2.36. The molecule has 3 rings (SSSR count). The summed E-state index contributed by atoms with van der Waals surface area (Å²) in [5, 5.41) is 5.35. The number of fused-ring (bicyclic) bond motifs is 1. The third-order valence-corrected chi connectivity index (χ3v) is 6.50. The third-order valence-electron chi connectivity index (χ3n) is 4.01. The van der Waals surface area contributed by atoms with Gasteiger partial charge in [-0.25, -0.2) is 19.7 Å². The summed E-state index contributed by atoms with van der Waals surface area (Å²) >= 11 is 3.05. The third kappa shape index (κ3) is 3.57. The molecule has 0 aromatic carbocycles. The lowest BCUT2D eigenvalue weighted by atomic mass is 10.2. The van der Waals surface area contributed by atoms with Gasteiger partial charge in [-0.1, -0.05) is 6.92 Å². The maximum absolute atomic E-state index is 12.2. The molecule has 1 N–H and O–H groups in total. The molecule has 3 aromatic rings. The molecule has 1 atom stereocenters. The van der Waals surface area contributed by atoms with Crippen molar-refractivity contribution in [1.82, 2.24) is 15.0 Å². The second-order valence-corrected chi connectivity index (χ2v) is 8.11. The summed E-state index contributed by atoms with van der Waals surface area (Å²) in [6.07, 6.45) is 2.90. The second kappa shape index (κ2) is 7.67. The van der Waals surface area contributed by atoms with E-state index < -0.39 is 0 Å². The topological polar surface area (TPSA) is 77.0 Å². The highest BCUT2D eigenvalue weighted by molar-refractivity contribution is 7.20. The van der Waals surface area contributed by atoms with Crippen LogP contribution in [0.3, 0.4) is 0 Å². The Morgan fingerprint density at radius 2 is 2.04 bits per heavy atom. The number of thiazole rings is 1. The minimum Gasteiger partial charge on any atom is -0.462 e. The summed E-state index contributed by atoms with van der Waals surface area (Å²) in [6.45, 7) is 10.1. The number of hydrogen-bond donors (Lipinski definition) is 1. The van der Waals surface area contributed by atoms with E-state index in [2.05, 4.69) is 34.1 Å². The number of esters is 1. The number of rotatable bonds is 6. The van der Waals surface area contributed by atoms with E-state index in [1.807, 2.05) is 20.0 Å². The molecule has 138 valence electrons. The van der Waals surface area contributed by atoms with Gasteiger partial charge in [0.2, 0.25) is 0 Å². The predicted octanol–water partition coefficient (Wildman–Crippen LogP) is 4.68. The maximum atomic E-state index is 12.2. The van der Waals surface area contributed by atoms with Crippen molar-refractivity contribution in [2.45, 2.75) is 47.1 Å². The predicted molar refractivity (Wildman–Crippen MR) is 106 cm³/mol. The molecule has 0 saturated carbocycles. The average molecular weight is 391 g/mol. The van der Waals surface area contributed by atoms with Gasteiger partial charge in [-0.3, -0.25) is 0 Å². The van der Waals surface area contributed by atoms with Gasteiger partial charge in [0.25, 0.3) is 0 Å². The molecule has 1 unspecified atom stereocenters. The molecular weight excluding hydrogens is 368 g/mol. The van der Waals surface area contributed by atoms with Crippen molar-refractivity contribution in [2.24, 2.45) is 0 Å². The molecule has 0 radical (unpaired) electrons. The molecule has 26 heavy (non-hydrogen) atoms. The van der Waals surface area contributed by atoms with Gasteiger partial charge < -0.3 is 10.1 Å². The van der Waals surface area contributed by atoms with Gasteiger partial charge in [-0.05, 0) is 39.7 Å². The van der Waals surface area contributed by atoms with Gasteiger partial charge in [-0.2, -0.15) is 0 Å². The monoisotopic (exact) mass is 390 g/mol. The fourth-order valence-electron chi connectivity index (χ4n) is 2.69. The lowest BCUT2D eigenvalue weighted by Gasteiger charge is -2.13. The average Bonchev–Trinajstić information content (AvgIpc) is 3.20. The number of anilines is 1. The van der Waals surface area contributed by atoms with Crippen LogP contribution in [0.1, 0.15) is 57.8 Å². The first-order chi connectivity index (χ1) is 12.4. The van der Waals surface area contributed by atoms with Crippen LogP contribution in [0.4, 0.5) is 5.82 Å². The Morgan fingerprint density at radius 3 is 2.69 bits per heavy atom. The Balaban J connectivity index is 2.00. The number of thiophene rings is 1. The van der Waals surface area contributed by atoms with Crippen LogP contribution in [0.5, 0.6) is 0 Å². The Bertz CT molecular complexity index is 948. The first kappa shape index (κ1) is 18.7. The van der Waals surface area contributed by atoms with E-state index in [0.717, 1.165) is 33.0 Å². The van der Waals surface area contributed by atoms with Crippen LogP contribution >= 0.6 is 22.7 Å². The summed E-state index contributed by atoms with van der Waals surface area (Å²) in [5.41, 5.74) is 0.853. The molecule has 0 aliphatic rings. The molecule has 0 spiro atoms. The van der Waals surface area contributed by atoms with Gasteiger partial charge >= 0.3 is 5.97 Å². The maximum Gasteiger partial charge on any atom is 0.348 e. The first-order valence-corrected chi connectivity index (χ1v) is 10.2. The number of hydrogen-bond acceptors (Lipinski definition) is 8. The molecule has 0 fully saturated rings. The molecule has 8 heteroatoms. The summed E-state index contributed by atoms with van der Waals surface area (Å²) < 4.78 is 5.17. The van der Waals surface area contributed by atoms with E-state index in [9.17, 15) is 4.79 Å². The number of aryl methyl sites for hydroxylation is 3. The molecule has 0 amide bonds. The van der Waals surface area contributed by atoms with Gasteiger partial charge in [0.05, 0.1) is 18.0 Å². The number of nitrogens with zero attached hydrogens (tertiary/aromatic N) is 3. The molecule has 6 nitrogen and oxygen atoms in total. The van der Waals surface area contributed by atoms with E-state index in [-0.39, 0.29) is 12.0 Å². The van der Waals surface area contributed by atoms with Gasteiger partial charge in [0, 0.05) is 11.1 Å². The van der Waals surface area contributed by atoms with Crippen molar-refractivity contribution < 1.29 is 9.53 Å². The smallest absolute Gasteiger partial charge is 0.348 e. The molecular formula is C18H22N4O2S2. The standard InChI is InChI=1S/C18H22N4O2S2/c1-6-12-8-19-16(25-12)10(4)20-15-13-9(3)14(18(23)24-7-2)26-17(13)22-11(5)21-15/h8,10H,6-7H2,1-5H3,(H,20,21,22). The van der Waals surface area contributed by atoms with Gasteiger partial charge in [0.1, 0.15) is 26.4 Å². The van der Waals surface area contributed by atoms with Gasteiger partial charge in [0.15, 0.2) is 0 Å². The molecule has 0 aliphatic heterocycles. The molecule has 3 aromatic heterocycles. The molecule has 3 heterocycles. The zero-order valence-electron chi connectivity index (χ0n) is 15.5. The summed E-state index contributed by atoms with van der Waals surface area (Å²) in [4.78, 5) is 28.5. The van der Waals surface area contributed by atoms with Crippen LogP contribution in [0.2, 0.25) is 0 Å². The van der Waals surface area contributed by atoms with E-state index >= 15 is 0 Å². The Hall–Kier alpha value is -2.06. The van der Waals surface area contributed by atoms with Crippen LogP contribution in [0, 0.1) is 13.8 Å². The highest BCUT2D eigenvalue weighted by atomic mass is 32.1. The lowest BCUT2D eigenvalue weighted by Crippen LogP contribution is -2.09. The van der Waals surface area contributed by atoms with Crippen molar-refractivity contribution in [3.8, 4) is 0 Å². The highest BCUT2D eigenvalue weighted by Gasteiger charge is 2.22. The van der Waals surface area contributed by atoms with Crippen LogP contribution < -0.4 is 5.32 Å². The SMILES string of the molecule is CCOC(=O)c1sc2nc(C)nc(NC(C)c3ncc(CC)s3)c2c1C. The quantitative estimate of drug-likeness (QED) is 0.616. The first-order valence-electron chi connectivity index (χ1n) is 8.60. The normalized spacial score (nSPS) is 12.3. The minimum absolute atomic E-state index is 0.0168. The lowest BCUT2D eigenvalue weighted by molar-refractivity contribution is 0.0531. The van der Waals surface area contributed by atoms with Crippen LogP contribution in [0.15, 0.2) is 6.20 Å². The second-order valence-electron chi connectivity index (χ2n) is 5.96. The van der Waals surface area contributed by atoms with E-state index in [0.29, 0.717) is 17.3 Å². The largest absolute Gasteiger partial charge is 0.462 e. The fourth-order valence-corrected chi connectivity index (χ4v) is 4.67. The number of carbonyl (C=O) groups excluding carboxylic acids is 1. The molecule has 0 bridgehead atoms. The van der Waals surface area contributed by atoms with Gasteiger partial charge in [-0.15, -0.1) is 22.7 Å². The Morgan fingerprint density at radius 1 is 1.27 bits per heavy atom. The number of carbonyl (C=O) groups is 1. The number of aromatic nitrogens is 3. The van der Waals surface area contributed by atoms with Crippen molar-refractivity contribution in [2.75, 3.05) is 11.9 Å². The van der Waals surface area contributed by atoms with E-state index in [4.69, 9.17) is 4.74 Å². The summed E-state index contributed by atoms with van der Waals surface area (Å²) in [6, 6.07) is 0.0168. The van der Waals surface area contributed by atoms with Crippen molar-refractivity contribution in [3.63, 3.8) is 0 Å². The zero-order valence-corrected chi connectivity index (χ0v) is 17.2. The zero-order chi connectivity index (χ0) is 18.8.